The molecule has 3 N–H and O–H groups in total. The van der Waals surface area contributed by atoms with Crippen LogP contribution in [0.3, 0.4) is 0 Å². The molecule has 0 radical (unpaired) electrons. The van der Waals surface area contributed by atoms with E-state index in [-0.39, 0.29) is 17.3 Å². The standard InChI is InChI=1S/C23H22FN5O3/c24-14-3-1-4-17(13-14)29-21-18(20(26-29)22(25)31)10-12-28(23(21)32)16-8-6-15(7-9-16)27-11-2-5-19(27)30/h1,3-4,6-9,13,19,30H,2,5,10-12H2,(H2,25,31). The lowest BCUT2D eigenvalue weighted by Crippen LogP contribution is -2.39. The number of rotatable bonds is 4. The van der Waals surface area contributed by atoms with E-state index in [0.29, 0.717) is 29.9 Å². The Morgan fingerprint density at radius 1 is 1.09 bits per heavy atom. The van der Waals surface area contributed by atoms with Crippen molar-refractivity contribution in [3.05, 3.63) is 71.3 Å². The number of aliphatic hydroxyl groups excluding tert-OH is 1. The van der Waals surface area contributed by atoms with Gasteiger partial charge in [0.25, 0.3) is 11.8 Å². The van der Waals surface area contributed by atoms with Crippen molar-refractivity contribution in [2.45, 2.75) is 25.5 Å². The molecule has 2 aromatic carbocycles. The van der Waals surface area contributed by atoms with Crippen molar-refractivity contribution in [2.75, 3.05) is 22.9 Å². The number of benzene rings is 2. The lowest BCUT2D eigenvalue weighted by Gasteiger charge is -2.29. The van der Waals surface area contributed by atoms with Crippen LogP contribution in [0.4, 0.5) is 15.8 Å². The number of nitrogens with zero attached hydrogens (tertiary/aromatic N) is 4. The largest absolute Gasteiger partial charge is 0.374 e. The molecule has 3 aromatic rings. The van der Waals surface area contributed by atoms with E-state index in [4.69, 9.17) is 5.73 Å². The van der Waals surface area contributed by atoms with E-state index >= 15 is 0 Å². The van der Waals surface area contributed by atoms with Gasteiger partial charge in [-0.15, -0.1) is 0 Å². The second-order valence-corrected chi connectivity index (χ2v) is 7.97. The molecule has 1 aromatic heterocycles. The van der Waals surface area contributed by atoms with Gasteiger partial charge in [0, 0.05) is 30.0 Å². The number of carbonyl (C=O) groups is 2. The average Bonchev–Trinajstić information content (AvgIpc) is 3.38. The van der Waals surface area contributed by atoms with E-state index in [2.05, 4.69) is 5.10 Å². The van der Waals surface area contributed by atoms with Gasteiger partial charge in [-0.25, -0.2) is 9.07 Å². The van der Waals surface area contributed by atoms with Crippen molar-refractivity contribution >= 4 is 23.2 Å². The van der Waals surface area contributed by atoms with Crippen LogP contribution in [0, 0.1) is 5.82 Å². The van der Waals surface area contributed by atoms with E-state index in [9.17, 15) is 19.1 Å². The van der Waals surface area contributed by atoms with Gasteiger partial charge < -0.3 is 20.6 Å². The fraction of sp³-hybridized carbons (Fsp3) is 0.261. The fourth-order valence-electron chi connectivity index (χ4n) is 4.47. The monoisotopic (exact) mass is 435 g/mol. The summed E-state index contributed by atoms with van der Waals surface area (Å²) in [7, 11) is 0. The van der Waals surface area contributed by atoms with Crippen molar-refractivity contribution in [3.63, 3.8) is 0 Å². The highest BCUT2D eigenvalue weighted by atomic mass is 19.1. The normalized spacial score (nSPS) is 18.2. The van der Waals surface area contributed by atoms with Crippen molar-refractivity contribution in [3.8, 4) is 5.69 Å². The number of hydrogen-bond donors (Lipinski definition) is 2. The van der Waals surface area contributed by atoms with Gasteiger partial charge in [0.2, 0.25) is 0 Å². The first-order chi connectivity index (χ1) is 15.4. The Balaban J connectivity index is 1.52. The van der Waals surface area contributed by atoms with Crippen LogP contribution >= 0.6 is 0 Å². The van der Waals surface area contributed by atoms with Crippen LogP contribution in [0.25, 0.3) is 5.69 Å². The molecule has 1 fully saturated rings. The molecule has 0 saturated carbocycles. The Kier molecular flexibility index (Phi) is 4.90. The lowest BCUT2D eigenvalue weighted by atomic mass is 10.0. The van der Waals surface area contributed by atoms with Gasteiger partial charge in [-0.05, 0) is 61.7 Å². The van der Waals surface area contributed by atoms with Crippen LogP contribution < -0.4 is 15.5 Å². The zero-order valence-electron chi connectivity index (χ0n) is 17.2. The summed E-state index contributed by atoms with van der Waals surface area (Å²) in [5.41, 5.74) is 8.11. The fourth-order valence-corrected chi connectivity index (χ4v) is 4.47. The smallest absolute Gasteiger partial charge is 0.277 e. The number of amides is 2. The second kappa shape index (κ2) is 7.76. The zero-order chi connectivity index (χ0) is 22.4. The van der Waals surface area contributed by atoms with Gasteiger partial charge in [0.15, 0.2) is 5.69 Å². The first-order valence-corrected chi connectivity index (χ1v) is 10.5. The second-order valence-electron chi connectivity index (χ2n) is 7.97. The summed E-state index contributed by atoms with van der Waals surface area (Å²) in [5.74, 6) is -1.55. The summed E-state index contributed by atoms with van der Waals surface area (Å²) < 4.78 is 15.1. The number of aromatic nitrogens is 2. The molecule has 8 nitrogen and oxygen atoms in total. The lowest BCUT2D eigenvalue weighted by molar-refractivity contribution is 0.0972. The maximum absolute atomic E-state index is 13.8. The molecule has 1 saturated heterocycles. The number of hydrogen-bond acceptors (Lipinski definition) is 5. The number of primary amides is 1. The van der Waals surface area contributed by atoms with Crippen LogP contribution in [0.2, 0.25) is 0 Å². The highest BCUT2D eigenvalue weighted by Gasteiger charge is 2.34. The molecule has 2 aliphatic rings. The number of anilines is 2. The number of carbonyl (C=O) groups excluding carboxylic acids is 2. The Morgan fingerprint density at radius 2 is 1.84 bits per heavy atom. The third-order valence-electron chi connectivity index (χ3n) is 6.02. The topological polar surface area (TPSA) is 105 Å². The molecule has 5 rings (SSSR count). The Bertz CT molecular complexity index is 1210. The van der Waals surface area contributed by atoms with Crippen LogP contribution in [-0.4, -0.2) is 46.0 Å². The summed E-state index contributed by atoms with van der Waals surface area (Å²) in [4.78, 5) is 29.0. The SMILES string of the molecule is NC(=O)c1nn(-c2cccc(F)c2)c2c1CCN(c1ccc(N3CCCC3O)cc1)C2=O. The molecule has 3 heterocycles. The molecule has 0 aliphatic carbocycles. The molecule has 9 heteroatoms. The third-order valence-corrected chi connectivity index (χ3v) is 6.02. The summed E-state index contributed by atoms with van der Waals surface area (Å²) in [6, 6.07) is 13.1. The molecular weight excluding hydrogens is 413 g/mol. The van der Waals surface area contributed by atoms with Gasteiger partial charge >= 0.3 is 0 Å². The molecule has 1 unspecified atom stereocenters. The van der Waals surface area contributed by atoms with Crippen molar-refractivity contribution in [1.29, 1.82) is 0 Å². The van der Waals surface area contributed by atoms with Gasteiger partial charge in [-0.1, -0.05) is 6.07 Å². The maximum atomic E-state index is 13.8. The van der Waals surface area contributed by atoms with E-state index in [1.807, 2.05) is 29.2 Å². The first-order valence-electron chi connectivity index (χ1n) is 10.5. The number of aliphatic hydroxyl groups is 1. The number of halogens is 1. The van der Waals surface area contributed by atoms with Gasteiger partial charge in [0.05, 0.1) is 5.69 Å². The molecule has 32 heavy (non-hydrogen) atoms. The molecule has 2 amide bonds. The van der Waals surface area contributed by atoms with Crippen molar-refractivity contribution in [2.24, 2.45) is 5.73 Å². The Morgan fingerprint density at radius 3 is 2.50 bits per heavy atom. The summed E-state index contributed by atoms with van der Waals surface area (Å²) >= 11 is 0. The van der Waals surface area contributed by atoms with E-state index in [0.717, 1.165) is 25.1 Å². The molecular formula is C23H22FN5O3. The van der Waals surface area contributed by atoms with Gasteiger partial charge in [0.1, 0.15) is 17.7 Å². The third kappa shape index (κ3) is 3.31. The first kappa shape index (κ1) is 20.2. The quantitative estimate of drug-likeness (QED) is 0.654. The summed E-state index contributed by atoms with van der Waals surface area (Å²) in [5, 5.41) is 14.4. The van der Waals surface area contributed by atoms with Gasteiger partial charge in [-0.2, -0.15) is 5.10 Å². The molecule has 0 spiro atoms. The van der Waals surface area contributed by atoms with Crippen molar-refractivity contribution in [1.82, 2.24) is 9.78 Å². The van der Waals surface area contributed by atoms with E-state index in [1.165, 1.54) is 22.9 Å². The van der Waals surface area contributed by atoms with Crippen LogP contribution in [0.5, 0.6) is 0 Å². The average molecular weight is 435 g/mol. The van der Waals surface area contributed by atoms with E-state index in [1.54, 1.807) is 11.0 Å². The van der Waals surface area contributed by atoms with Crippen LogP contribution in [-0.2, 0) is 6.42 Å². The van der Waals surface area contributed by atoms with Crippen LogP contribution in [0.1, 0.15) is 39.4 Å². The highest BCUT2D eigenvalue weighted by Crippen LogP contribution is 2.31. The maximum Gasteiger partial charge on any atom is 0.277 e. The predicted molar refractivity (Wildman–Crippen MR) is 116 cm³/mol. The summed E-state index contributed by atoms with van der Waals surface area (Å²) in [6.07, 6.45) is 1.57. The van der Waals surface area contributed by atoms with Crippen molar-refractivity contribution < 1.29 is 19.1 Å². The predicted octanol–water partition coefficient (Wildman–Crippen LogP) is 2.23. The Labute approximate surface area is 183 Å². The van der Waals surface area contributed by atoms with E-state index < -0.39 is 18.0 Å². The molecule has 164 valence electrons. The summed E-state index contributed by atoms with van der Waals surface area (Å²) in [6.45, 7) is 1.14. The Hall–Kier alpha value is -3.72. The highest BCUT2D eigenvalue weighted by molar-refractivity contribution is 6.09. The number of fused-ring (bicyclic) bond motifs is 1. The number of nitrogens with two attached hydrogens (primary N) is 1. The minimum atomic E-state index is -0.730. The minimum absolute atomic E-state index is 0.0237. The minimum Gasteiger partial charge on any atom is -0.374 e. The zero-order valence-corrected chi connectivity index (χ0v) is 17.2. The van der Waals surface area contributed by atoms with Gasteiger partial charge in [-0.3, -0.25) is 9.59 Å². The molecule has 0 bridgehead atoms. The molecule has 2 aliphatic heterocycles. The van der Waals surface area contributed by atoms with Crippen LogP contribution in [0.15, 0.2) is 48.5 Å². The molecule has 1 atom stereocenters.